The summed E-state index contributed by atoms with van der Waals surface area (Å²) in [5.74, 6) is 0. The maximum absolute atomic E-state index is 2.47. The lowest BCUT2D eigenvalue weighted by atomic mass is 9.84. The van der Waals surface area contributed by atoms with E-state index in [0.29, 0.717) is 0 Å². The van der Waals surface area contributed by atoms with E-state index in [9.17, 15) is 0 Å². The second-order valence-electron chi connectivity index (χ2n) is 17.7. The number of hydrogen-bond acceptors (Lipinski definition) is 0. The normalized spacial score (nSPS) is 11.9. The molecule has 0 nitrogen and oxygen atoms in total. The highest BCUT2D eigenvalue weighted by atomic mass is 14.3. The fraction of sp³-hybridized carbons (Fsp3) is 0. The smallest absolute Gasteiger partial charge is 0.000718 e. The third kappa shape index (κ3) is 5.21. The van der Waals surface area contributed by atoms with Crippen molar-refractivity contribution in [2.24, 2.45) is 0 Å². The van der Waals surface area contributed by atoms with Gasteiger partial charge >= 0.3 is 0 Å². The summed E-state index contributed by atoms with van der Waals surface area (Å²) >= 11 is 0. The third-order valence-electron chi connectivity index (χ3n) is 14.4. The van der Waals surface area contributed by atoms with Crippen LogP contribution in [0.5, 0.6) is 0 Å². The Morgan fingerprint density at radius 1 is 0.167 bits per heavy atom. The molecular weight excluding hydrogens is 793 g/mol. The van der Waals surface area contributed by atoms with E-state index in [4.69, 9.17) is 0 Å². The molecule has 2 aliphatic carbocycles. The molecule has 12 aromatic carbocycles. The Labute approximate surface area is 381 Å². The number of hydrogen-bond donors (Lipinski definition) is 0. The summed E-state index contributed by atoms with van der Waals surface area (Å²) in [6, 6.07) is 90.1. The highest BCUT2D eigenvalue weighted by Crippen LogP contribution is 2.48. The summed E-state index contributed by atoms with van der Waals surface area (Å²) in [5, 5.41) is 18.2. The van der Waals surface area contributed by atoms with Crippen LogP contribution in [0.3, 0.4) is 0 Å². The van der Waals surface area contributed by atoms with Gasteiger partial charge in [0.05, 0.1) is 0 Å². The predicted molar refractivity (Wildman–Crippen MR) is 275 cm³/mol. The van der Waals surface area contributed by atoms with Gasteiger partial charge in [-0.15, -0.1) is 0 Å². The molecule has 304 valence electrons. The Balaban J connectivity index is 1.28. The molecule has 0 bridgehead atoms. The minimum atomic E-state index is 1.21. The minimum absolute atomic E-state index is 1.21. The number of fused-ring (bicyclic) bond motifs is 4. The minimum Gasteiger partial charge on any atom is -0.0622 e. The fourth-order valence-corrected chi connectivity index (χ4v) is 11.8. The molecule has 12 aromatic rings. The van der Waals surface area contributed by atoms with E-state index in [-0.39, 0.29) is 0 Å². The molecule has 66 heavy (non-hydrogen) atoms. The standard InChI is InChI=1S/C66H40/c1-5-21-41(22-6-1)45-29-13-15-31-47(45)59-51-35-19-20-36-52(51)60(48-32-16-14-30-46(48)42-23-7-2-8-24-42)66-56-40-38-54-61-53(37-39-55(62(56)61)65(59)66)63-57(43-25-9-3-10-26-43)49-33-17-18-34-50(49)58(64(54)63)44-27-11-4-12-28-44/h1-40H. The molecule has 0 amide bonds. The molecule has 0 aliphatic heterocycles. The van der Waals surface area contributed by atoms with Crippen molar-refractivity contribution in [1.82, 2.24) is 0 Å². The Bertz CT molecular complexity index is 4130. The van der Waals surface area contributed by atoms with E-state index < -0.39 is 0 Å². The zero-order valence-electron chi connectivity index (χ0n) is 36.1. The van der Waals surface area contributed by atoms with Crippen LogP contribution < -0.4 is 0 Å². The highest BCUT2D eigenvalue weighted by Gasteiger charge is 2.26. The average molecular weight is 833 g/mol. The predicted octanol–water partition coefficient (Wildman–Crippen LogP) is 16.9. The van der Waals surface area contributed by atoms with Crippen molar-refractivity contribution >= 4 is 32.3 Å². The molecule has 0 unspecified atom stereocenters. The van der Waals surface area contributed by atoms with Gasteiger partial charge in [-0.1, -0.05) is 243 Å². The first kappa shape index (κ1) is 36.9. The van der Waals surface area contributed by atoms with Gasteiger partial charge < -0.3 is 0 Å². The molecule has 2 aliphatic rings. The van der Waals surface area contributed by atoms with Gasteiger partial charge in [0.1, 0.15) is 0 Å². The van der Waals surface area contributed by atoms with Crippen LogP contribution in [-0.4, -0.2) is 0 Å². The van der Waals surface area contributed by atoms with Crippen molar-refractivity contribution < 1.29 is 0 Å². The average Bonchev–Trinajstić information content (AvgIpc) is 3.90. The molecule has 0 N–H and O–H groups in total. The molecular formula is C66H40. The Morgan fingerprint density at radius 2 is 0.409 bits per heavy atom. The van der Waals surface area contributed by atoms with Crippen LogP contribution in [0.2, 0.25) is 0 Å². The van der Waals surface area contributed by atoms with Crippen LogP contribution >= 0.6 is 0 Å². The lowest BCUT2D eigenvalue weighted by Crippen LogP contribution is -1.95. The van der Waals surface area contributed by atoms with E-state index >= 15 is 0 Å². The molecule has 0 heteroatoms. The molecule has 14 rings (SSSR count). The Morgan fingerprint density at radius 3 is 0.742 bits per heavy atom. The van der Waals surface area contributed by atoms with Crippen molar-refractivity contribution in [3.8, 4) is 66.8 Å². The zero-order chi connectivity index (χ0) is 43.3. The number of benzene rings is 12. The van der Waals surface area contributed by atoms with E-state index in [0.717, 1.165) is 0 Å². The molecule has 0 heterocycles. The first-order valence-corrected chi connectivity index (χ1v) is 23.0. The molecule has 0 atom stereocenters. The maximum Gasteiger partial charge on any atom is -0.000718 e. The SMILES string of the molecule is c1ccc(-c2ccccc2-c2c3c(c(-c4ccccc4-c4ccccc4)c4ccccc24)=c2ccc4c5c(ccc=3c25)=c2c(-c3ccccc3)c3ccccc3c(-c3ccccc3)c2=4)cc1. The van der Waals surface area contributed by atoms with Crippen molar-refractivity contribution in [3.05, 3.63) is 284 Å². The molecule has 0 aromatic heterocycles. The summed E-state index contributed by atoms with van der Waals surface area (Å²) in [6.07, 6.45) is 0. The van der Waals surface area contributed by atoms with E-state index in [2.05, 4.69) is 243 Å². The van der Waals surface area contributed by atoms with Gasteiger partial charge in [-0.2, -0.15) is 0 Å². The molecule has 0 spiro atoms. The van der Waals surface area contributed by atoms with Gasteiger partial charge in [0, 0.05) is 0 Å². The highest BCUT2D eigenvalue weighted by molar-refractivity contribution is 6.11. The monoisotopic (exact) mass is 832 g/mol. The summed E-state index contributed by atoms with van der Waals surface area (Å²) < 4.78 is 0. The first-order valence-electron chi connectivity index (χ1n) is 23.0. The van der Waals surface area contributed by atoms with Gasteiger partial charge in [0.25, 0.3) is 0 Å². The largest absolute Gasteiger partial charge is 0.0622 e. The fourth-order valence-electron chi connectivity index (χ4n) is 11.8. The lowest BCUT2D eigenvalue weighted by molar-refractivity contribution is 1.47. The van der Waals surface area contributed by atoms with E-state index in [1.165, 1.54) is 141 Å². The molecule has 0 saturated heterocycles. The van der Waals surface area contributed by atoms with Gasteiger partial charge in [-0.3, -0.25) is 0 Å². The quantitative estimate of drug-likeness (QED) is 0.157. The zero-order valence-corrected chi connectivity index (χ0v) is 36.1. The van der Waals surface area contributed by atoms with Gasteiger partial charge in [0.15, 0.2) is 0 Å². The molecule has 0 saturated carbocycles. The van der Waals surface area contributed by atoms with E-state index in [1.54, 1.807) is 0 Å². The summed E-state index contributed by atoms with van der Waals surface area (Å²) in [7, 11) is 0. The topological polar surface area (TPSA) is 0 Å². The van der Waals surface area contributed by atoms with Gasteiger partial charge in [-0.05, 0) is 141 Å². The lowest BCUT2D eigenvalue weighted by Gasteiger charge is -2.19. The van der Waals surface area contributed by atoms with Crippen molar-refractivity contribution in [2.45, 2.75) is 0 Å². The van der Waals surface area contributed by atoms with Crippen molar-refractivity contribution in [1.29, 1.82) is 0 Å². The second kappa shape index (κ2) is 14.5. The van der Waals surface area contributed by atoms with Gasteiger partial charge in [-0.25, -0.2) is 0 Å². The Kier molecular flexibility index (Phi) is 8.08. The Hall–Kier alpha value is -8.58. The second-order valence-corrected chi connectivity index (χ2v) is 17.7. The van der Waals surface area contributed by atoms with Gasteiger partial charge in [0.2, 0.25) is 0 Å². The van der Waals surface area contributed by atoms with E-state index in [1.807, 2.05) is 0 Å². The van der Waals surface area contributed by atoms with Crippen LogP contribution in [0.25, 0.3) is 99.1 Å². The van der Waals surface area contributed by atoms with Crippen molar-refractivity contribution in [2.75, 3.05) is 0 Å². The van der Waals surface area contributed by atoms with Crippen LogP contribution in [0.1, 0.15) is 0 Å². The molecule has 0 fully saturated rings. The first-order chi connectivity index (χ1) is 32.8. The summed E-state index contributed by atoms with van der Waals surface area (Å²) in [5.41, 5.74) is 15.0. The van der Waals surface area contributed by atoms with Crippen LogP contribution in [0.15, 0.2) is 243 Å². The van der Waals surface area contributed by atoms with Crippen LogP contribution in [0, 0.1) is 41.7 Å². The summed E-state index contributed by atoms with van der Waals surface area (Å²) in [6.45, 7) is 0. The molecule has 0 radical (unpaired) electrons. The van der Waals surface area contributed by atoms with Crippen LogP contribution in [-0.2, 0) is 0 Å². The third-order valence-corrected chi connectivity index (χ3v) is 14.4. The maximum atomic E-state index is 2.47. The van der Waals surface area contributed by atoms with Crippen molar-refractivity contribution in [3.63, 3.8) is 0 Å². The number of rotatable bonds is 6. The van der Waals surface area contributed by atoms with Crippen LogP contribution in [0.4, 0.5) is 0 Å². The summed E-state index contributed by atoms with van der Waals surface area (Å²) in [4.78, 5) is 0.